The Morgan fingerprint density at radius 3 is 2.37 bits per heavy atom. The van der Waals surface area contributed by atoms with Crippen molar-refractivity contribution in [3.8, 4) is 0 Å². The summed E-state index contributed by atoms with van der Waals surface area (Å²) >= 11 is 0. The average Bonchev–Trinajstić information content (AvgIpc) is 3.14. The first-order chi connectivity index (χ1) is 12.9. The summed E-state index contributed by atoms with van der Waals surface area (Å²) in [6, 6.07) is -0.275. The number of nitrogens with one attached hydrogen (secondary N) is 2. The van der Waals surface area contributed by atoms with Crippen molar-refractivity contribution in [2.45, 2.75) is 70.1 Å². The maximum atomic E-state index is 12.7. The number of ether oxygens (including phenoxy) is 1. The molecule has 1 rings (SSSR count). The van der Waals surface area contributed by atoms with Gasteiger partial charge in [-0.05, 0) is 18.8 Å². The second kappa shape index (κ2) is 11.0. The van der Waals surface area contributed by atoms with E-state index in [1.165, 1.54) is 7.11 Å². The minimum absolute atomic E-state index is 0.123. The number of rotatable bonds is 12. The monoisotopic (exact) mass is 383 g/mol. The van der Waals surface area contributed by atoms with E-state index < -0.39 is 11.6 Å². The third-order valence-electron chi connectivity index (χ3n) is 5.71. The summed E-state index contributed by atoms with van der Waals surface area (Å²) < 4.78 is 5.44. The van der Waals surface area contributed by atoms with Gasteiger partial charge in [-0.15, -0.1) is 0 Å². The summed E-state index contributed by atoms with van der Waals surface area (Å²) in [6.07, 6.45) is 4.81. The van der Waals surface area contributed by atoms with Gasteiger partial charge in [0.1, 0.15) is 11.8 Å². The fourth-order valence-electron chi connectivity index (χ4n) is 3.85. The zero-order valence-electron chi connectivity index (χ0n) is 16.8. The Labute approximate surface area is 161 Å². The standard InChI is InChI=1S/C19H33N3O5/c1-5-14(2)17(15(27-4)8-11-23)22(3)16(25)12-20-18(26)19(21-13-24)9-6-7-10-19/h11,13-15,17H,5-10,12H2,1-4H3,(H,20,26)(H,21,24). The van der Waals surface area contributed by atoms with Gasteiger partial charge >= 0.3 is 0 Å². The Kier molecular flexibility index (Phi) is 9.41. The summed E-state index contributed by atoms with van der Waals surface area (Å²) in [4.78, 5) is 48.6. The lowest BCUT2D eigenvalue weighted by atomic mass is 9.91. The Morgan fingerprint density at radius 1 is 1.26 bits per heavy atom. The quantitative estimate of drug-likeness (QED) is 0.481. The van der Waals surface area contributed by atoms with Gasteiger partial charge in [0.15, 0.2) is 0 Å². The molecule has 8 nitrogen and oxygen atoms in total. The predicted molar refractivity (Wildman–Crippen MR) is 101 cm³/mol. The Bertz CT molecular complexity index is 519. The van der Waals surface area contributed by atoms with E-state index in [-0.39, 0.29) is 36.7 Å². The number of hydrogen-bond donors (Lipinski definition) is 2. The van der Waals surface area contributed by atoms with Crippen molar-refractivity contribution in [3.05, 3.63) is 0 Å². The predicted octanol–water partition coefficient (Wildman–Crippen LogP) is 0.639. The highest BCUT2D eigenvalue weighted by atomic mass is 16.5. The van der Waals surface area contributed by atoms with E-state index in [0.29, 0.717) is 19.3 Å². The van der Waals surface area contributed by atoms with E-state index in [1.807, 2.05) is 13.8 Å². The molecule has 27 heavy (non-hydrogen) atoms. The summed E-state index contributed by atoms with van der Waals surface area (Å²) in [6.45, 7) is 3.85. The Hall–Kier alpha value is -1.96. The van der Waals surface area contributed by atoms with Crippen molar-refractivity contribution in [2.75, 3.05) is 20.7 Å². The molecule has 8 heteroatoms. The topological polar surface area (TPSA) is 105 Å². The maximum Gasteiger partial charge on any atom is 0.246 e. The number of nitrogens with zero attached hydrogens (tertiary/aromatic N) is 1. The number of carbonyl (C=O) groups excluding carboxylic acids is 4. The highest BCUT2D eigenvalue weighted by Gasteiger charge is 2.41. The van der Waals surface area contributed by atoms with Crippen LogP contribution in [0.3, 0.4) is 0 Å². The van der Waals surface area contributed by atoms with Crippen molar-refractivity contribution in [1.29, 1.82) is 0 Å². The molecular formula is C19H33N3O5. The van der Waals surface area contributed by atoms with Crippen LogP contribution in [0, 0.1) is 5.92 Å². The third-order valence-corrected chi connectivity index (χ3v) is 5.71. The maximum absolute atomic E-state index is 12.7. The van der Waals surface area contributed by atoms with E-state index in [0.717, 1.165) is 25.5 Å². The molecule has 0 aliphatic heterocycles. The lowest BCUT2D eigenvalue weighted by Crippen LogP contribution is -2.57. The zero-order chi connectivity index (χ0) is 20.4. The molecule has 3 atom stereocenters. The first kappa shape index (κ1) is 23.1. The second-order valence-electron chi connectivity index (χ2n) is 7.29. The number of methoxy groups -OCH3 is 1. The summed E-state index contributed by atoms with van der Waals surface area (Å²) in [7, 11) is 3.19. The molecule has 2 N–H and O–H groups in total. The van der Waals surface area contributed by atoms with Crippen LogP contribution in [0.2, 0.25) is 0 Å². The number of amides is 3. The average molecular weight is 383 g/mol. The van der Waals surface area contributed by atoms with E-state index in [2.05, 4.69) is 10.6 Å². The zero-order valence-corrected chi connectivity index (χ0v) is 16.8. The van der Waals surface area contributed by atoms with Crippen LogP contribution in [0.1, 0.15) is 52.4 Å². The van der Waals surface area contributed by atoms with Crippen LogP contribution in [0.5, 0.6) is 0 Å². The smallest absolute Gasteiger partial charge is 0.246 e. The van der Waals surface area contributed by atoms with Crippen LogP contribution in [0.15, 0.2) is 0 Å². The van der Waals surface area contributed by atoms with Gasteiger partial charge in [0.25, 0.3) is 0 Å². The van der Waals surface area contributed by atoms with Crippen molar-refractivity contribution in [1.82, 2.24) is 15.5 Å². The molecular weight excluding hydrogens is 350 g/mol. The molecule has 1 aliphatic rings. The SMILES string of the molecule is CCC(C)C(C(CC=O)OC)N(C)C(=O)CNC(=O)C1(NC=O)CCCC1. The summed E-state index contributed by atoms with van der Waals surface area (Å²) in [5, 5.41) is 5.30. The molecule has 0 heterocycles. The van der Waals surface area contributed by atoms with Gasteiger partial charge in [-0.1, -0.05) is 33.1 Å². The minimum atomic E-state index is -0.913. The van der Waals surface area contributed by atoms with Gasteiger partial charge in [0, 0.05) is 20.6 Å². The van der Waals surface area contributed by atoms with Gasteiger partial charge in [-0.2, -0.15) is 0 Å². The van der Waals surface area contributed by atoms with Crippen LogP contribution in [0.4, 0.5) is 0 Å². The van der Waals surface area contributed by atoms with Gasteiger partial charge < -0.3 is 25.1 Å². The van der Waals surface area contributed by atoms with E-state index in [1.54, 1.807) is 11.9 Å². The fraction of sp³-hybridized carbons (Fsp3) is 0.789. The lowest BCUT2D eigenvalue weighted by molar-refractivity contribution is -0.139. The molecule has 0 saturated heterocycles. The number of hydrogen-bond acceptors (Lipinski definition) is 5. The molecule has 3 amide bonds. The Balaban J connectivity index is 2.78. The lowest BCUT2D eigenvalue weighted by Gasteiger charge is -2.37. The van der Waals surface area contributed by atoms with Crippen LogP contribution in [-0.4, -0.2) is 67.8 Å². The van der Waals surface area contributed by atoms with Gasteiger partial charge in [0.2, 0.25) is 18.2 Å². The van der Waals surface area contributed by atoms with Crippen molar-refractivity contribution < 1.29 is 23.9 Å². The Morgan fingerprint density at radius 2 is 1.89 bits per heavy atom. The highest BCUT2D eigenvalue weighted by molar-refractivity contribution is 5.91. The molecule has 1 saturated carbocycles. The first-order valence-electron chi connectivity index (χ1n) is 9.58. The molecule has 0 spiro atoms. The number of likely N-dealkylation sites (N-methyl/N-ethyl adjacent to an activating group) is 1. The van der Waals surface area contributed by atoms with Gasteiger partial charge in [0.05, 0.1) is 18.7 Å². The van der Waals surface area contributed by atoms with Crippen molar-refractivity contribution in [3.63, 3.8) is 0 Å². The molecule has 0 bridgehead atoms. The van der Waals surface area contributed by atoms with Crippen molar-refractivity contribution >= 4 is 24.5 Å². The third kappa shape index (κ3) is 5.76. The van der Waals surface area contributed by atoms with Crippen LogP contribution < -0.4 is 10.6 Å². The summed E-state index contributed by atoms with van der Waals surface area (Å²) in [5.74, 6) is -0.469. The van der Waals surface area contributed by atoms with Crippen LogP contribution in [-0.2, 0) is 23.9 Å². The van der Waals surface area contributed by atoms with Crippen LogP contribution in [0.25, 0.3) is 0 Å². The normalized spacial score (nSPS) is 18.8. The number of carbonyl (C=O) groups is 4. The van der Waals surface area contributed by atoms with Crippen LogP contribution >= 0.6 is 0 Å². The fourth-order valence-corrected chi connectivity index (χ4v) is 3.85. The molecule has 0 aromatic rings. The minimum Gasteiger partial charge on any atom is -0.379 e. The molecule has 0 aromatic carbocycles. The van der Waals surface area contributed by atoms with E-state index in [4.69, 9.17) is 4.74 Å². The molecule has 3 unspecified atom stereocenters. The largest absolute Gasteiger partial charge is 0.379 e. The second-order valence-corrected chi connectivity index (χ2v) is 7.29. The summed E-state index contributed by atoms with van der Waals surface area (Å²) in [5.41, 5.74) is -0.913. The van der Waals surface area contributed by atoms with Crippen molar-refractivity contribution in [2.24, 2.45) is 5.92 Å². The van der Waals surface area contributed by atoms with Gasteiger partial charge in [-0.3, -0.25) is 14.4 Å². The van der Waals surface area contributed by atoms with E-state index in [9.17, 15) is 19.2 Å². The first-order valence-corrected chi connectivity index (χ1v) is 9.58. The molecule has 1 aliphatic carbocycles. The highest BCUT2D eigenvalue weighted by Crippen LogP contribution is 2.29. The van der Waals surface area contributed by atoms with Gasteiger partial charge in [-0.25, -0.2) is 0 Å². The molecule has 154 valence electrons. The molecule has 0 radical (unpaired) electrons. The number of aldehydes is 1. The molecule has 0 aromatic heterocycles. The van der Waals surface area contributed by atoms with E-state index >= 15 is 0 Å². The molecule has 1 fully saturated rings.